The van der Waals surface area contributed by atoms with E-state index in [0.29, 0.717) is 5.13 Å². The quantitative estimate of drug-likeness (QED) is 0.919. The summed E-state index contributed by atoms with van der Waals surface area (Å²) in [5.74, 6) is -0.0117. The SMILES string of the molecule is CCC(C)C(=O)Nc1nnc(-c2ccccc2)s1. The van der Waals surface area contributed by atoms with E-state index in [1.54, 1.807) is 0 Å². The maximum absolute atomic E-state index is 11.7. The van der Waals surface area contributed by atoms with E-state index in [-0.39, 0.29) is 11.8 Å². The third kappa shape index (κ3) is 2.92. The number of aromatic nitrogens is 2. The molecule has 5 heteroatoms. The van der Waals surface area contributed by atoms with Gasteiger partial charge in [-0.05, 0) is 6.42 Å². The zero-order valence-electron chi connectivity index (χ0n) is 10.4. The van der Waals surface area contributed by atoms with Crippen LogP contribution < -0.4 is 5.32 Å². The standard InChI is InChI=1S/C13H15N3OS/c1-3-9(2)11(17)14-13-16-15-12(18-13)10-7-5-4-6-8-10/h4-9H,3H2,1-2H3,(H,14,16,17). The van der Waals surface area contributed by atoms with Gasteiger partial charge in [0.05, 0.1) is 0 Å². The minimum absolute atomic E-state index is 0.00549. The minimum Gasteiger partial charge on any atom is -0.300 e. The Hall–Kier alpha value is -1.75. The normalized spacial score (nSPS) is 12.1. The van der Waals surface area contributed by atoms with Crippen molar-refractivity contribution in [3.05, 3.63) is 30.3 Å². The van der Waals surface area contributed by atoms with Gasteiger partial charge in [0, 0.05) is 11.5 Å². The van der Waals surface area contributed by atoms with Crippen LogP contribution in [0.2, 0.25) is 0 Å². The molecule has 1 unspecified atom stereocenters. The zero-order chi connectivity index (χ0) is 13.0. The van der Waals surface area contributed by atoms with E-state index >= 15 is 0 Å². The Morgan fingerprint density at radius 3 is 2.72 bits per heavy atom. The van der Waals surface area contributed by atoms with Crippen LogP contribution in [0.5, 0.6) is 0 Å². The summed E-state index contributed by atoms with van der Waals surface area (Å²) in [5, 5.41) is 12.2. The number of nitrogens with zero attached hydrogens (tertiary/aromatic N) is 2. The predicted octanol–water partition coefficient (Wildman–Crippen LogP) is 3.19. The molecule has 1 N–H and O–H groups in total. The smallest absolute Gasteiger partial charge is 0.229 e. The highest BCUT2D eigenvalue weighted by molar-refractivity contribution is 7.18. The van der Waals surface area contributed by atoms with E-state index in [1.807, 2.05) is 44.2 Å². The van der Waals surface area contributed by atoms with Crippen LogP contribution in [0, 0.1) is 5.92 Å². The molecule has 0 aliphatic heterocycles. The summed E-state index contributed by atoms with van der Waals surface area (Å²) in [6.07, 6.45) is 0.816. The summed E-state index contributed by atoms with van der Waals surface area (Å²) in [5.41, 5.74) is 1.01. The van der Waals surface area contributed by atoms with E-state index < -0.39 is 0 Å². The summed E-state index contributed by atoms with van der Waals surface area (Å²) >= 11 is 1.39. The van der Waals surface area contributed by atoms with Gasteiger partial charge >= 0.3 is 0 Å². The van der Waals surface area contributed by atoms with Crippen molar-refractivity contribution >= 4 is 22.4 Å². The number of hydrogen-bond donors (Lipinski definition) is 1. The van der Waals surface area contributed by atoms with Gasteiger partial charge in [-0.15, -0.1) is 10.2 Å². The van der Waals surface area contributed by atoms with Crippen molar-refractivity contribution in [2.45, 2.75) is 20.3 Å². The molecule has 0 spiro atoms. The van der Waals surface area contributed by atoms with Gasteiger partial charge in [0.25, 0.3) is 0 Å². The number of hydrogen-bond acceptors (Lipinski definition) is 4. The lowest BCUT2D eigenvalue weighted by atomic mass is 10.1. The number of amides is 1. The van der Waals surface area contributed by atoms with Crippen molar-refractivity contribution in [1.82, 2.24) is 10.2 Å². The van der Waals surface area contributed by atoms with Crippen molar-refractivity contribution in [2.75, 3.05) is 5.32 Å². The molecule has 0 aliphatic rings. The first-order valence-electron chi connectivity index (χ1n) is 5.90. The van der Waals surface area contributed by atoms with Crippen LogP contribution >= 0.6 is 11.3 Å². The van der Waals surface area contributed by atoms with Crippen molar-refractivity contribution in [3.8, 4) is 10.6 Å². The fourth-order valence-corrected chi connectivity index (χ4v) is 2.14. The summed E-state index contributed by atoms with van der Waals surface area (Å²) in [6.45, 7) is 3.88. The Morgan fingerprint density at radius 1 is 1.33 bits per heavy atom. The maximum Gasteiger partial charge on any atom is 0.229 e. The van der Waals surface area contributed by atoms with Crippen LogP contribution in [-0.2, 0) is 4.79 Å². The highest BCUT2D eigenvalue weighted by Crippen LogP contribution is 2.26. The molecule has 0 fully saturated rings. The van der Waals surface area contributed by atoms with E-state index in [0.717, 1.165) is 17.0 Å². The van der Waals surface area contributed by atoms with Gasteiger partial charge in [0.15, 0.2) is 0 Å². The second-order valence-electron chi connectivity index (χ2n) is 4.08. The van der Waals surface area contributed by atoms with Crippen LogP contribution in [0.15, 0.2) is 30.3 Å². The average molecular weight is 261 g/mol. The molecule has 0 saturated carbocycles. The molecule has 2 rings (SSSR count). The Kier molecular flexibility index (Phi) is 4.04. The Morgan fingerprint density at radius 2 is 2.06 bits per heavy atom. The Labute approximate surface area is 110 Å². The molecule has 94 valence electrons. The second kappa shape index (κ2) is 5.73. The number of benzene rings is 1. The van der Waals surface area contributed by atoms with Gasteiger partial charge in [-0.25, -0.2) is 0 Å². The molecule has 1 amide bonds. The van der Waals surface area contributed by atoms with Gasteiger partial charge in [-0.3, -0.25) is 4.79 Å². The van der Waals surface area contributed by atoms with E-state index in [4.69, 9.17) is 0 Å². The van der Waals surface area contributed by atoms with Gasteiger partial charge in [-0.1, -0.05) is 55.5 Å². The van der Waals surface area contributed by atoms with Gasteiger partial charge in [-0.2, -0.15) is 0 Å². The topological polar surface area (TPSA) is 54.9 Å². The van der Waals surface area contributed by atoms with Crippen molar-refractivity contribution in [3.63, 3.8) is 0 Å². The van der Waals surface area contributed by atoms with Crippen molar-refractivity contribution < 1.29 is 4.79 Å². The van der Waals surface area contributed by atoms with Crippen LogP contribution in [0.25, 0.3) is 10.6 Å². The predicted molar refractivity (Wildman–Crippen MR) is 73.4 cm³/mol. The number of carbonyl (C=O) groups is 1. The first-order chi connectivity index (χ1) is 8.70. The molecule has 1 aromatic carbocycles. The molecule has 1 heterocycles. The lowest BCUT2D eigenvalue weighted by molar-refractivity contribution is -0.119. The molecule has 0 aliphatic carbocycles. The third-order valence-electron chi connectivity index (χ3n) is 2.74. The van der Waals surface area contributed by atoms with E-state index in [1.165, 1.54) is 11.3 Å². The summed E-state index contributed by atoms with van der Waals surface area (Å²) in [4.78, 5) is 11.7. The molecular formula is C13H15N3OS. The molecule has 0 radical (unpaired) electrons. The molecule has 2 aromatic rings. The largest absolute Gasteiger partial charge is 0.300 e. The van der Waals surface area contributed by atoms with Crippen LogP contribution in [0.1, 0.15) is 20.3 Å². The van der Waals surface area contributed by atoms with Crippen LogP contribution in [-0.4, -0.2) is 16.1 Å². The first kappa shape index (κ1) is 12.7. The molecule has 0 bridgehead atoms. The van der Waals surface area contributed by atoms with Crippen molar-refractivity contribution in [2.24, 2.45) is 5.92 Å². The van der Waals surface area contributed by atoms with Gasteiger partial charge < -0.3 is 5.32 Å². The van der Waals surface area contributed by atoms with E-state index in [9.17, 15) is 4.79 Å². The molecule has 4 nitrogen and oxygen atoms in total. The highest BCUT2D eigenvalue weighted by Gasteiger charge is 2.13. The van der Waals surface area contributed by atoms with Crippen LogP contribution in [0.3, 0.4) is 0 Å². The average Bonchev–Trinajstić information content (AvgIpc) is 2.87. The fourth-order valence-electron chi connectivity index (χ4n) is 1.39. The monoisotopic (exact) mass is 261 g/mol. The third-order valence-corrected chi connectivity index (χ3v) is 3.62. The lowest BCUT2D eigenvalue weighted by Gasteiger charge is -2.06. The lowest BCUT2D eigenvalue weighted by Crippen LogP contribution is -2.19. The van der Waals surface area contributed by atoms with Gasteiger partial charge in [0.2, 0.25) is 11.0 Å². The molecule has 1 atom stereocenters. The molecule has 1 aromatic heterocycles. The maximum atomic E-state index is 11.7. The van der Waals surface area contributed by atoms with Gasteiger partial charge in [0.1, 0.15) is 5.01 Å². The Bertz CT molecular complexity index is 524. The second-order valence-corrected chi connectivity index (χ2v) is 5.05. The highest BCUT2D eigenvalue weighted by atomic mass is 32.1. The fraction of sp³-hybridized carbons (Fsp3) is 0.308. The van der Waals surface area contributed by atoms with E-state index in [2.05, 4.69) is 15.5 Å². The summed E-state index contributed by atoms with van der Waals surface area (Å²) < 4.78 is 0. The number of carbonyl (C=O) groups excluding carboxylic acids is 1. The molecule has 18 heavy (non-hydrogen) atoms. The minimum atomic E-state index is -0.00624. The van der Waals surface area contributed by atoms with Crippen molar-refractivity contribution in [1.29, 1.82) is 0 Å². The summed E-state index contributed by atoms with van der Waals surface area (Å²) in [6, 6.07) is 9.81. The number of nitrogens with one attached hydrogen (secondary N) is 1. The number of anilines is 1. The number of rotatable bonds is 4. The summed E-state index contributed by atoms with van der Waals surface area (Å²) in [7, 11) is 0. The first-order valence-corrected chi connectivity index (χ1v) is 6.72. The molecular weight excluding hydrogens is 246 g/mol. The Balaban J connectivity index is 2.10. The van der Waals surface area contributed by atoms with Crippen LogP contribution in [0.4, 0.5) is 5.13 Å². The molecule has 0 saturated heterocycles. The zero-order valence-corrected chi connectivity index (χ0v) is 11.2.